The van der Waals surface area contributed by atoms with Gasteiger partial charge in [0.05, 0.1) is 23.9 Å². The van der Waals surface area contributed by atoms with Crippen LogP contribution < -0.4 is 10.1 Å². The summed E-state index contributed by atoms with van der Waals surface area (Å²) in [5.41, 5.74) is 2.99. The summed E-state index contributed by atoms with van der Waals surface area (Å²) in [6.07, 6.45) is 13.3. The van der Waals surface area contributed by atoms with E-state index in [9.17, 15) is 4.39 Å². The first-order valence-corrected chi connectivity index (χ1v) is 12.7. The lowest BCUT2D eigenvalue weighted by Gasteiger charge is -2.29. The number of rotatable bonds is 8. The number of nitrogens with one attached hydrogen (secondary N) is 1. The van der Waals surface area contributed by atoms with E-state index in [1.54, 1.807) is 16.8 Å². The number of anilines is 1. The van der Waals surface area contributed by atoms with Crippen molar-refractivity contribution in [2.24, 2.45) is 13.0 Å². The lowest BCUT2D eigenvalue weighted by Crippen LogP contribution is -2.26. The van der Waals surface area contributed by atoms with Crippen molar-refractivity contribution in [3.63, 3.8) is 0 Å². The van der Waals surface area contributed by atoms with Crippen molar-refractivity contribution in [2.45, 2.75) is 57.1 Å². The minimum absolute atomic E-state index is 0.0177. The van der Waals surface area contributed by atoms with Gasteiger partial charge in [-0.15, -0.1) is 0 Å². The Morgan fingerprint density at radius 2 is 1.91 bits per heavy atom. The number of aryl methyl sites for hydroxylation is 1. The van der Waals surface area contributed by atoms with Crippen LogP contribution >= 0.6 is 0 Å². The Balaban J connectivity index is 1.24. The van der Waals surface area contributed by atoms with Crippen molar-refractivity contribution in [1.29, 1.82) is 0 Å². The van der Waals surface area contributed by atoms with Crippen molar-refractivity contribution in [2.75, 3.05) is 11.9 Å². The third-order valence-electron chi connectivity index (χ3n) is 7.25. The third kappa shape index (κ3) is 4.74. The molecule has 7 nitrogen and oxygen atoms in total. The molecule has 2 saturated carbocycles. The number of ether oxygens (including phenoxy) is 1. The Labute approximate surface area is 204 Å². The molecule has 2 fully saturated rings. The molecule has 1 N–H and O–H groups in total. The van der Waals surface area contributed by atoms with Gasteiger partial charge in [0.2, 0.25) is 0 Å². The van der Waals surface area contributed by atoms with E-state index >= 15 is 0 Å². The highest BCUT2D eigenvalue weighted by Crippen LogP contribution is 2.37. The molecule has 2 aliphatic rings. The summed E-state index contributed by atoms with van der Waals surface area (Å²) in [4.78, 5) is 4.70. The molecular weight excluding hydrogens is 443 g/mol. The third-order valence-corrected chi connectivity index (χ3v) is 7.25. The number of halogens is 1. The number of para-hydroxylation sites is 1. The Morgan fingerprint density at radius 1 is 1.09 bits per heavy atom. The lowest BCUT2D eigenvalue weighted by atomic mass is 9.93. The van der Waals surface area contributed by atoms with E-state index in [0.717, 1.165) is 66.1 Å². The minimum Gasteiger partial charge on any atom is -0.487 e. The number of aromatic nitrogens is 5. The first-order chi connectivity index (χ1) is 17.1. The van der Waals surface area contributed by atoms with Gasteiger partial charge in [0.15, 0.2) is 11.6 Å². The fourth-order valence-corrected chi connectivity index (χ4v) is 5.10. The zero-order valence-electron chi connectivity index (χ0n) is 20.0. The van der Waals surface area contributed by atoms with E-state index in [2.05, 4.69) is 21.2 Å². The SMILES string of the molecule is Cn1cc(-c2nn(C3CCC(Oc4ccccc4F)CC3)c3cc(NCCC4CC4)ncc23)cn1. The van der Waals surface area contributed by atoms with Gasteiger partial charge >= 0.3 is 0 Å². The summed E-state index contributed by atoms with van der Waals surface area (Å²) in [6, 6.07) is 9.03. The molecule has 3 aromatic heterocycles. The summed E-state index contributed by atoms with van der Waals surface area (Å²) in [6.45, 7) is 0.950. The topological polar surface area (TPSA) is 69.8 Å². The maximum atomic E-state index is 14.0. The van der Waals surface area contributed by atoms with E-state index in [4.69, 9.17) is 14.8 Å². The van der Waals surface area contributed by atoms with Crippen LogP contribution in [0.4, 0.5) is 10.2 Å². The highest BCUT2D eigenvalue weighted by molar-refractivity contribution is 5.93. The van der Waals surface area contributed by atoms with Crippen molar-refractivity contribution >= 4 is 16.7 Å². The van der Waals surface area contributed by atoms with E-state index < -0.39 is 0 Å². The molecule has 35 heavy (non-hydrogen) atoms. The van der Waals surface area contributed by atoms with Crippen LogP contribution in [0.15, 0.2) is 48.9 Å². The van der Waals surface area contributed by atoms with Crippen LogP contribution in [0.2, 0.25) is 0 Å². The van der Waals surface area contributed by atoms with E-state index in [0.29, 0.717) is 5.75 Å². The van der Waals surface area contributed by atoms with Crippen molar-refractivity contribution in [3.05, 3.63) is 54.7 Å². The quantitative estimate of drug-likeness (QED) is 0.352. The van der Waals surface area contributed by atoms with E-state index in [1.807, 2.05) is 31.7 Å². The monoisotopic (exact) mass is 474 g/mol. The molecule has 6 rings (SSSR count). The second-order valence-corrected chi connectivity index (χ2v) is 9.92. The Kier molecular flexibility index (Phi) is 5.88. The summed E-state index contributed by atoms with van der Waals surface area (Å²) in [5.74, 6) is 1.82. The zero-order chi connectivity index (χ0) is 23.8. The van der Waals surface area contributed by atoms with Crippen LogP contribution in [0.3, 0.4) is 0 Å². The number of nitrogens with zero attached hydrogens (tertiary/aromatic N) is 5. The largest absolute Gasteiger partial charge is 0.487 e. The molecular formula is C27H31FN6O. The second-order valence-electron chi connectivity index (χ2n) is 9.92. The predicted octanol–water partition coefficient (Wildman–Crippen LogP) is 5.75. The van der Waals surface area contributed by atoms with Gasteiger partial charge in [-0.05, 0) is 50.2 Å². The van der Waals surface area contributed by atoms with E-state index in [-0.39, 0.29) is 18.0 Å². The van der Waals surface area contributed by atoms with Crippen LogP contribution in [-0.4, -0.2) is 37.2 Å². The Hall–Kier alpha value is -3.42. The Bertz CT molecular complexity index is 1320. The zero-order valence-corrected chi connectivity index (χ0v) is 20.0. The van der Waals surface area contributed by atoms with Crippen LogP contribution in [-0.2, 0) is 7.05 Å². The van der Waals surface area contributed by atoms with Crippen LogP contribution in [0.25, 0.3) is 22.2 Å². The van der Waals surface area contributed by atoms with Gasteiger partial charge in [-0.3, -0.25) is 9.36 Å². The van der Waals surface area contributed by atoms with Gasteiger partial charge in [-0.2, -0.15) is 10.2 Å². The van der Waals surface area contributed by atoms with Gasteiger partial charge < -0.3 is 10.1 Å². The highest BCUT2D eigenvalue weighted by Gasteiger charge is 2.27. The van der Waals surface area contributed by atoms with Crippen LogP contribution in [0.1, 0.15) is 51.0 Å². The average Bonchev–Trinajstić information content (AvgIpc) is 3.47. The van der Waals surface area contributed by atoms with Gasteiger partial charge in [-0.25, -0.2) is 9.37 Å². The number of fused-ring (bicyclic) bond motifs is 1. The van der Waals surface area contributed by atoms with E-state index in [1.165, 1.54) is 25.3 Å². The number of hydrogen-bond acceptors (Lipinski definition) is 5. The molecule has 0 unspecified atom stereocenters. The Morgan fingerprint density at radius 3 is 2.66 bits per heavy atom. The summed E-state index contributed by atoms with van der Waals surface area (Å²) in [5, 5.41) is 14.0. The van der Waals surface area contributed by atoms with Crippen LogP contribution in [0, 0.1) is 11.7 Å². The number of hydrogen-bond donors (Lipinski definition) is 1. The summed E-state index contributed by atoms with van der Waals surface area (Å²) in [7, 11) is 1.92. The molecule has 0 atom stereocenters. The minimum atomic E-state index is -0.303. The van der Waals surface area contributed by atoms with Crippen molar-refractivity contribution in [3.8, 4) is 17.0 Å². The maximum absolute atomic E-state index is 14.0. The molecule has 0 radical (unpaired) electrons. The smallest absolute Gasteiger partial charge is 0.165 e. The van der Waals surface area contributed by atoms with Gasteiger partial charge in [0.25, 0.3) is 0 Å². The molecule has 0 spiro atoms. The van der Waals surface area contributed by atoms with Gasteiger partial charge in [0.1, 0.15) is 11.5 Å². The molecule has 182 valence electrons. The maximum Gasteiger partial charge on any atom is 0.165 e. The molecule has 0 saturated heterocycles. The molecule has 3 heterocycles. The summed E-state index contributed by atoms with van der Waals surface area (Å²) < 4.78 is 24.0. The van der Waals surface area contributed by atoms with Crippen LogP contribution in [0.5, 0.6) is 5.75 Å². The van der Waals surface area contributed by atoms with Gasteiger partial charge in [0, 0.05) is 43.0 Å². The highest BCUT2D eigenvalue weighted by atomic mass is 19.1. The summed E-state index contributed by atoms with van der Waals surface area (Å²) >= 11 is 0. The standard InChI is InChI=1S/C27H31FN6O/c1-33-17-19(15-31-33)27-22-16-30-26(29-13-12-18-6-7-18)14-24(22)34(32-27)20-8-10-21(11-9-20)35-25-5-3-2-4-23(25)28/h2-5,14-18,20-21H,6-13H2,1H3,(H,29,30). The van der Waals surface area contributed by atoms with Crippen molar-refractivity contribution < 1.29 is 9.13 Å². The molecule has 0 bridgehead atoms. The number of pyridine rings is 1. The van der Waals surface area contributed by atoms with Crippen molar-refractivity contribution in [1.82, 2.24) is 24.5 Å². The predicted molar refractivity (Wildman–Crippen MR) is 134 cm³/mol. The first kappa shape index (κ1) is 22.1. The second kappa shape index (κ2) is 9.32. The lowest BCUT2D eigenvalue weighted by molar-refractivity contribution is 0.126. The number of benzene rings is 1. The molecule has 1 aromatic carbocycles. The molecule has 8 heteroatoms. The first-order valence-electron chi connectivity index (χ1n) is 12.7. The molecule has 0 amide bonds. The normalized spacial score (nSPS) is 20.3. The fraction of sp³-hybridized carbons (Fsp3) is 0.444. The molecule has 0 aliphatic heterocycles. The average molecular weight is 475 g/mol. The van der Waals surface area contributed by atoms with Gasteiger partial charge in [-0.1, -0.05) is 25.0 Å². The molecule has 4 aromatic rings. The molecule has 2 aliphatic carbocycles. The fourth-order valence-electron chi connectivity index (χ4n) is 5.10.